The van der Waals surface area contributed by atoms with Crippen molar-refractivity contribution in [2.24, 2.45) is 0 Å². The van der Waals surface area contributed by atoms with Crippen LogP contribution in [0, 0.1) is 0 Å². The van der Waals surface area contributed by atoms with Crippen LogP contribution in [0.15, 0.2) is 18.2 Å². The molecule has 0 unspecified atom stereocenters. The molecule has 0 bridgehead atoms. The fourth-order valence-corrected chi connectivity index (χ4v) is 1.71. The van der Waals surface area contributed by atoms with E-state index in [1.54, 1.807) is 0 Å². The van der Waals surface area contributed by atoms with Crippen molar-refractivity contribution in [2.75, 3.05) is 17.4 Å². The highest BCUT2D eigenvalue weighted by Crippen LogP contribution is 2.21. The third-order valence-corrected chi connectivity index (χ3v) is 2.71. The second kappa shape index (κ2) is 5.05. The molecule has 0 aliphatic carbocycles. The minimum atomic E-state index is -3.40. The van der Waals surface area contributed by atoms with E-state index in [9.17, 15) is 18.0 Å². The lowest BCUT2D eigenvalue weighted by Crippen LogP contribution is -2.17. The Kier molecular flexibility index (Phi) is 3.92. The van der Waals surface area contributed by atoms with Crippen molar-refractivity contribution in [1.29, 1.82) is 0 Å². The fourth-order valence-electron chi connectivity index (χ4n) is 1.30. The lowest BCUT2D eigenvalue weighted by Gasteiger charge is -2.11. The minimum absolute atomic E-state index is 0.220. The van der Waals surface area contributed by atoms with Gasteiger partial charge in [-0.15, -0.1) is 0 Å². The topological polar surface area (TPSA) is 121 Å². The van der Waals surface area contributed by atoms with Gasteiger partial charge in [-0.3, -0.25) is 0 Å². The Morgan fingerprint density at radius 3 is 1.94 bits per heavy atom. The molecule has 0 spiro atoms. The third kappa shape index (κ3) is 3.45. The van der Waals surface area contributed by atoms with E-state index in [4.69, 9.17) is 10.2 Å². The van der Waals surface area contributed by atoms with Crippen molar-refractivity contribution in [3.05, 3.63) is 29.3 Å². The van der Waals surface area contributed by atoms with E-state index in [1.165, 1.54) is 18.2 Å². The maximum Gasteiger partial charge on any atom is 0.337 e. The molecule has 1 aromatic carbocycles. The molecule has 0 heterocycles. The summed E-state index contributed by atoms with van der Waals surface area (Å²) in [6, 6.07) is 3.66. The van der Waals surface area contributed by atoms with Crippen molar-refractivity contribution in [3.63, 3.8) is 0 Å². The van der Waals surface area contributed by atoms with E-state index >= 15 is 0 Å². The number of carboxylic acids is 2. The summed E-state index contributed by atoms with van der Waals surface area (Å²) in [5.74, 6) is -3.22. The van der Waals surface area contributed by atoms with Gasteiger partial charge in [0.25, 0.3) is 0 Å². The van der Waals surface area contributed by atoms with Crippen LogP contribution in [-0.4, -0.2) is 42.7 Å². The molecule has 0 amide bonds. The number of carbonyl (C=O) groups is 2. The third-order valence-electron chi connectivity index (χ3n) is 2.04. The highest BCUT2D eigenvalue weighted by atomic mass is 32.2. The van der Waals surface area contributed by atoms with Crippen LogP contribution in [0.25, 0.3) is 0 Å². The molecule has 3 N–H and O–H groups in total. The summed E-state index contributed by atoms with van der Waals surface area (Å²) in [7, 11) is -3.40. The number of hydrogen-bond acceptors (Lipinski definition) is 5. The molecule has 18 heavy (non-hydrogen) atoms. The van der Waals surface area contributed by atoms with Crippen LogP contribution in [0.1, 0.15) is 20.7 Å². The van der Waals surface area contributed by atoms with Gasteiger partial charge in [0.2, 0.25) is 0 Å². The molecule has 0 aliphatic heterocycles. The van der Waals surface area contributed by atoms with Crippen molar-refractivity contribution in [2.45, 2.75) is 0 Å². The second-order valence-corrected chi connectivity index (χ2v) is 5.73. The Morgan fingerprint density at radius 1 is 1.17 bits per heavy atom. The Bertz CT molecular complexity index is 560. The minimum Gasteiger partial charge on any atom is -0.478 e. The van der Waals surface area contributed by atoms with Crippen LogP contribution in [0.5, 0.6) is 0 Å². The number of nitrogens with one attached hydrogen (secondary N) is 1. The van der Waals surface area contributed by atoms with Gasteiger partial charge in [0.15, 0.2) is 9.84 Å². The van der Waals surface area contributed by atoms with Gasteiger partial charge in [0.05, 0.1) is 16.8 Å². The van der Waals surface area contributed by atoms with Crippen molar-refractivity contribution >= 4 is 27.5 Å². The Balaban J connectivity index is 3.27. The number of para-hydroxylation sites is 1. The molecule has 0 aliphatic rings. The highest BCUT2D eigenvalue weighted by molar-refractivity contribution is 7.90. The van der Waals surface area contributed by atoms with E-state index in [0.717, 1.165) is 6.26 Å². The maximum atomic E-state index is 11.0. The van der Waals surface area contributed by atoms with E-state index < -0.39 is 27.7 Å². The van der Waals surface area contributed by atoms with Crippen molar-refractivity contribution in [1.82, 2.24) is 0 Å². The van der Waals surface area contributed by atoms with E-state index in [2.05, 4.69) is 5.32 Å². The monoisotopic (exact) mass is 273 g/mol. The molecule has 0 aromatic heterocycles. The van der Waals surface area contributed by atoms with E-state index in [1.807, 2.05) is 0 Å². The summed E-state index contributed by atoms with van der Waals surface area (Å²) < 4.78 is 22.0. The molecule has 0 saturated carbocycles. The molecule has 98 valence electrons. The van der Waals surface area contributed by atoms with Gasteiger partial charge >= 0.3 is 11.9 Å². The first-order chi connectivity index (χ1) is 8.22. The zero-order valence-corrected chi connectivity index (χ0v) is 10.2. The first-order valence-electron chi connectivity index (χ1n) is 4.73. The standard InChI is InChI=1S/C10H11NO6S/c1-18(16,17)5-11-8-6(9(12)13)3-2-4-7(8)10(14)15/h2-4,11H,5H2,1H3,(H,12,13)(H,14,15). The normalized spacial score (nSPS) is 10.9. The van der Waals surface area contributed by atoms with Gasteiger partial charge in [0, 0.05) is 6.26 Å². The van der Waals surface area contributed by atoms with Crippen LogP contribution in [-0.2, 0) is 9.84 Å². The van der Waals surface area contributed by atoms with Crippen LogP contribution in [0.3, 0.4) is 0 Å². The molecule has 1 aromatic rings. The smallest absolute Gasteiger partial charge is 0.337 e. The van der Waals surface area contributed by atoms with Crippen LogP contribution in [0.4, 0.5) is 5.69 Å². The number of benzene rings is 1. The largest absolute Gasteiger partial charge is 0.478 e. The summed E-state index contributed by atoms with van der Waals surface area (Å²) in [4.78, 5) is 21.9. The second-order valence-electron chi connectivity index (χ2n) is 3.59. The van der Waals surface area contributed by atoms with Crippen molar-refractivity contribution in [3.8, 4) is 0 Å². The van der Waals surface area contributed by atoms with Gasteiger partial charge in [-0.2, -0.15) is 0 Å². The van der Waals surface area contributed by atoms with E-state index in [0.29, 0.717) is 0 Å². The summed E-state index contributed by atoms with van der Waals surface area (Å²) in [6.45, 7) is 0. The number of carboxylic acid groups (broad SMARTS) is 2. The maximum absolute atomic E-state index is 11.0. The molecule has 0 saturated heterocycles. The molecule has 7 nitrogen and oxygen atoms in total. The first-order valence-corrected chi connectivity index (χ1v) is 6.79. The Hall–Kier alpha value is -2.09. The number of rotatable bonds is 5. The lowest BCUT2D eigenvalue weighted by atomic mass is 10.1. The molecular weight excluding hydrogens is 262 g/mol. The number of anilines is 1. The predicted molar refractivity (Wildman–Crippen MR) is 63.7 cm³/mol. The zero-order chi connectivity index (χ0) is 13.9. The van der Waals surface area contributed by atoms with Crippen LogP contribution in [0.2, 0.25) is 0 Å². The van der Waals surface area contributed by atoms with Crippen LogP contribution < -0.4 is 5.32 Å². The number of sulfone groups is 1. The average Bonchev–Trinajstić information content (AvgIpc) is 2.24. The van der Waals surface area contributed by atoms with Gasteiger partial charge in [-0.05, 0) is 12.1 Å². The summed E-state index contributed by atoms with van der Waals surface area (Å²) >= 11 is 0. The lowest BCUT2D eigenvalue weighted by molar-refractivity contribution is 0.0696. The highest BCUT2D eigenvalue weighted by Gasteiger charge is 2.18. The molecule has 0 atom stereocenters. The van der Waals surface area contributed by atoms with Gasteiger partial charge in [-0.25, -0.2) is 18.0 Å². The first kappa shape index (κ1) is 14.0. The fraction of sp³-hybridized carbons (Fsp3) is 0.200. The van der Waals surface area contributed by atoms with E-state index in [-0.39, 0.29) is 16.8 Å². The molecule has 0 fully saturated rings. The number of aromatic carboxylic acids is 2. The van der Waals surface area contributed by atoms with Gasteiger partial charge in [-0.1, -0.05) is 6.07 Å². The number of hydrogen-bond donors (Lipinski definition) is 3. The van der Waals surface area contributed by atoms with Crippen LogP contribution >= 0.6 is 0 Å². The molecule has 8 heteroatoms. The molecule has 1 rings (SSSR count). The average molecular weight is 273 g/mol. The summed E-state index contributed by atoms with van der Waals surface area (Å²) in [6.07, 6.45) is 0.948. The SMILES string of the molecule is CS(=O)(=O)CNc1c(C(=O)O)cccc1C(=O)O. The summed E-state index contributed by atoms with van der Waals surface area (Å²) in [5, 5.41) is 20.2. The quantitative estimate of drug-likeness (QED) is 0.714. The molecular formula is C10H11NO6S. The Morgan fingerprint density at radius 2 is 1.61 bits per heavy atom. The predicted octanol–water partition coefficient (Wildman–Crippen LogP) is 0.497. The zero-order valence-electron chi connectivity index (χ0n) is 9.37. The van der Waals surface area contributed by atoms with Crippen molar-refractivity contribution < 1.29 is 28.2 Å². The molecule has 0 radical (unpaired) electrons. The van der Waals surface area contributed by atoms with Gasteiger partial charge < -0.3 is 15.5 Å². The van der Waals surface area contributed by atoms with Gasteiger partial charge in [0.1, 0.15) is 5.88 Å². The summed E-state index contributed by atoms with van der Waals surface area (Å²) in [5.41, 5.74) is -0.806. The Labute approximate surface area is 103 Å².